The van der Waals surface area contributed by atoms with Gasteiger partial charge in [0.2, 0.25) is 10.0 Å². The fraction of sp³-hybridized carbons (Fsp3) is 0.364. The summed E-state index contributed by atoms with van der Waals surface area (Å²) in [6, 6.07) is 6.84. The third-order valence-electron chi connectivity index (χ3n) is 2.28. The highest BCUT2D eigenvalue weighted by Gasteiger charge is 2.10. The van der Waals surface area contributed by atoms with E-state index in [2.05, 4.69) is 4.72 Å². The van der Waals surface area contributed by atoms with Crippen molar-refractivity contribution in [2.45, 2.75) is 19.4 Å². The molecule has 0 amide bonds. The second-order valence-corrected chi connectivity index (χ2v) is 5.81. The van der Waals surface area contributed by atoms with Crippen LogP contribution in [0.4, 0.5) is 5.69 Å². The monoisotopic (exact) mass is 272 g/mol. The van der Waals surface area contributed by atoms with Gasteiger partial charge in [0.25, 0.3) is 0 Å². The maximum absolute atomic E-state index is 11.5. The van der Waals surface area contributed by atoms with Gasteiger partial charge in [-0.05, 0) is 24.1 Å². The third kappa shape index (κ3) is 5.65. The van der Waals surface area contributed by atoms with Crippen molar-refractivity contribution in [2.24, 2.45) is 0 Å². The van der Waals surface area contributed by atoms with Crippen LogP contribution in [-0.2, 0) is 21.4 Å². The van der Waals surface area contributed by atoms with Crippen molar-refractivity contribution < 1.29 is 18.3 Å². The molecule has 0 bridgehead atoms. The fourth-order valence-electron chi connectivity index (χ4n) is 1.31. The lowest BCUT2D eigenvalue weighted by molar-refractivity contribution is -0.137. The zero-order chi connectivity index (χ0) is 13.6. The lowest BCUT2D eigenvalue weighted by Crippen LogP contribution is -2.26. The first-order valence-corrected chi connectivity index (χ1v) is 7.08. The van der Waals surface area contributed by atoms with Crippen molar-refractivity contribution in [3.05, 3.63) is 29.8 Å². The van der Waals surface area contributed by atoms with Crippen molar-refractivity contribution in [3.63, 3.8) is 0 Å². The summed E-state index contributed by atoms with van der Waals surface area (Å²) in [7, 11) is -3.43. The number of hydrogen-bond acceptors (Lipinski definition) is 4. The molecule has 0 aromatic heterocycles. The van der Waals surface area contributed by atoms with Crippen LogP contribution in [0.25, 0.3) is 0 Å². The van der Waals surface area contributed by atoms with Gasteiger partial charge in [-0.2, -0.15) is 0 Å². The number of nitrogens with one attached hydrogen (secondary N) is 1. The minimum atomic E-state index is -3.43. The highest BCUT2D eigenvalue weighted by atomic mass is 32.2. The molecule has 0 fully saturated rings. The van der Waals surface area contributed by atoms with Crippen molar-refractivity contribution in [1.82, 2.24) is 4.72 Å². The van der Waals surface area contributed by atoms with Crippen molar-refractivity contribution >= 4 is 21.7 Å². The first-order chi connectivity index (χ1) is 8.39. The number of nitrogens with two attached hydrogens (primary N) is 1. The molecule has 7 heteroatoms. The molecule has 0 heterocycles. The fourth-order valence-corrected chi connectivity index (χ4v) is 2.37. The van der Waals surface area contributed by atoms with Crippen LogP contribution >= 0.6 is 0 Å². The third-order valence-corrected chi connectivity index (χ3v) is 3.69. The predicted octanol–water partition coefficient (Wildman–Crippen LogP) is 0.553. The Balaban J connectivity index is 2.41. The SMILES string of the molecule is Nc1ccc(CNS(=O)(=O)CCCC(=O)O)cc1. The quantitative estimate of drug-likeness (QED) is 0.628. The lowest BCUT2D eigenvalue weighted by Gasteiger charge is -2.06. The summed E-state index contributed by atoms with van der Waals surface area (Å²) < 4.78 is 25.5. The number of carbonyl (C=O) groups is 1. The number of carboxylic acid groups (broad SMARTS) is 1. The molecule has 0 atom stereocenters. The highest BCUT2D eigenvalue weighted by molar-refractivity contribution is 7.89. The topological polar surface area (TPSA) is 109 Å². The van der Waals surface area contributed by atoms with Gasteiger partial charge in [0.05, 0.1) is 5.75 Å². The first-order valence-electron chi connectivity index (χ1n) is 5.42. The molecule has 0 aliphatic rings. The van der Waals surface area contributed by atoms with E-state index in [1.54, 1.807) is 24.3 Å². The first kappa shape index (κ1) is 14.5. The number of nitrogen functional groups attached to an aromatic ring is 1. The van der Waals surface area contributed by atoms with Gasteiger partial charge in [-0.15, -0.1) is 0 Å². The molecule has 0 saturated heterocycles. The molecule has 0 radical (unpaired) electrons. The lowest BCUT2D eigenvalue weighted by atomic mass is 10.2. The van der Waals surface area contributed by atoms with E-state index >= 15 is 0 Å². The normalized spacial score (nSPS) is 11.3. The van der Waals surface area contributed by atoms with Crippen molar-refractivity contribution in [1.29, 1.82) is 0 Å². The van der Waals surface area contributed by atoms with E-state index in [4.69, 9.17) is 10.8 Å². The van der Waals surface area contributed by atoms with Gasteiger partial charge in [-0.25, -0.2) is 13.1 Å². The van der Waals surface area contributed by atoms with Gasteiger partial charge in [-0.3, -0.25) is 4.79 Å². The van der Waals surface area contributed by atoms with E-state index in [1.165, 1.54) is 0 Å². The standard InChI is InChI=1S/C11H16N2O4S/c12-10-5-3-9(4-6-10)8-13-18(16,17)7-1-2-11(14)15/h3-6,13H,1-2,7-8,12H2,(H,14,15). The van der Waals surface area contributed by atoms with Gasteiger partial charge in [-0.1, -0.05) is 12.1 Å². The van der Waals surface area contributed by atoms with Crippen LogP contribution in [0.15, 0.2) is 24.3 Å². The molecular formula is C11H16N2O4S. The Bertz CT molecular complexity index is 496. The van der Waals surface area contributed by atoms with Gasteiger partial charge in [0, 0.05) is 18.7 Å². The molecule has 0 unspecified atom stereocenters. The van der Waals surface area contributed by atoms with Crippen molar-refractivity contribution in [3.8, 4) is 0 Å². The molecule has 0 aliphatic heterocycles. The number of anilines is 1. The Morgan fingerprint density at radius 1 is 1.28 bits per heavy atom. The molecule has 0 aliphatic carbocycles. The number of aliphatic carboxylic acids is 1. The summed E-state index contributed by atoms with van der Waals surface area (Å²) in [6.45, 7) is 0.176. The van der Waals surface area contributed by atoms with E-state index in [-0.39, 0.29) is 25.1 Å². The molecule has 0 spiro atoms. The minimum absolute atomic E-state index is 0.104. The van der Waals surface area contributed by atoms with E-state index < -0.39 is 16.0 Å². The van der Waals surface area contributed by atoms with E-state index in [1.807, 2.05) is 0 Å². The molecule has 6 nitrogen and oxygen atoms in total. The smallest absolute Gasteiger partial charge is 0.303 e. The van der Waals surface area contributed by atoms with Crippen molar-refractivity contribution in [2.75, 3.05) is 11.5 Å². The summed E-state index contributed by atoms with van der Waals surface area (Å²) in [5.41, 5.74) is 6.92. The van der Waals surface area contributed by atoms with Crippen LogP contribution in [0.5, 0.6) is 0 Å². The Labute approximate surface area is 106 Å². The Morgan fingerprint density at radius 3 is 2.44 bits per heavy atom. The average Bonchev–Trinajstić information content (AvgIpc) is 2.27. The summed E-state index contributed by atoms with van der Waals surface area (Å²) >= 11 is 0. The van der Waals surface area contributed by atoms with E-state index in [9.17, 15) is 13.2 Å². The molecule has 4 N–H and O–H groups in total. The average molecular weight is 272 g/mol. The van der Waals surface area contributed by atoms with Gasteiger partial charge in [0.1, 0.15) is 0 Å². The largest absolute Gasteiger partial charge is 0.481 e. The molecular weight excluding hydrogens is 256 g/mol. The number of sulfonamides is 1. The molecule has 1 aromatic rings. The zero-order valence-corrected chi connectivity index (χ0v) is 10.6. The zero-order valence-electron chi connectivity index (χ0n) is 9.80. The molecule has 0 saturated carbocycles. The van der Waals surface area contributed by atoms with E-state index in [0.717, 1.165) is 5.56 Å². The summed E-state index contributed by atoms with van der Waals surface area (Å²) in [5.74, 6) is -1.18. The van der Waals surface area contributed by atoms with Gasteiger partial charge < -0.3 is 10.8 Å². The van der Waals surface area contributed by atoms with Crippen LogP contribution in [0.1, 0.15) is 18.4 Å². The summed E-state index contributed by atoms with van der Waals surface area (Å²) in [5, 5.41) is 8.42. The predicted molar refractivity (Wildman–Crippen MR) is 68.4 cm³/mol. The maximum Gasteiger partial charge on any atom is 0.303 e. The van der Waals surface area contributed by atoms with Gasteiger partial charge in [0.15, 0.2) is 0 Å². The number of benzene rings is 1. The van der Waals surface area contributed by atoms with Crippen LogP contribution in [0.3, 0.4) is 0 Å². The minimum Gasteiger partial charge on any atom is -0.481 e. The second-order valence-electron chi connectivity index (χ2n) is 3.88. The second kappa shape index (κ2) is 6.36. The maximum atomic E-state index is 11.5. The van der Waals surface area contributed by atoms with Crippen LogP contribution in [0, 0.1) is 0 Å². The molecule has 1 aromatic carbocycles. The Hall–Kier alpha value is -1.60. The summed E-state index contributed by atoms with van der Waals surface area (Å²) in [4.78, 5) is 10.3. The number of hydrogen-bond donors (Lipinski definition) is 3. The van der Waals surface area contributed by atoms with Crippen LogP contribution < -0.4 is 10.5 Å². The Kier molecular flexibility index (Phi) is 5.11. The van der Waals surface area contributed by atoms with E-state index in [0.29, 0.717) is 5.69 Å². The molecule has 18 heavy (non-hydrogen) atoms. The van der Waals surface area contributed by atoms with Gasteiger partial charge >= 0.3 is 5.97 Å². The van der Waals surface area contributed by atoms with Crippen LogP contribution in [-0.4, -0.2) is 25.2 Å². The number of rotatable bonds is 7. The molecule has 100 valence electrons. The molecule has 1 rings (SSSR count). The number of carboxylic acids is 1. The van der Waals surface area contributed by atoms with Crippen LogP contribution in [0.2, 0.25) is 0 Å². The highest BCUT2D eigenvalue weighted by Crippen LogP contribution is 2.05. The Morgan fingerprint density at radius 2 is 1.89 bits per heavy atom. The summed E-state index contributed by atoms with van der Waals surface area (Å²) in [6.07, 6.45) is -0.0464.